The van der Waals surface area contributed by atoms with Gasteiger partial charge in [-0.2, -0.15) is 0 Å². The number of ether oxygens (including phenoxy) is 3. The van der Waals surface area contributed by atoms with Crippen molar-refractivity contribution in [1.82, 2.24) is 14.4 Å². The van der Waals surface area contributed by atoms with Gasteiger partial charge in [0.05, 0.1) is 24.3 Å². The summed E-state index contributed by atoms with van der Waals surface area (Å²) in [6, 6.07) is 24.7. The fourth-order valence-electron chi connectivity index (χ4n) is 9.49. The number of carbonyl (C=O) groups excluding carboxylic acids is 2. The number of aromatic nitrogens is 1. The van der Waals surface area contributed by atoms with Gasteiger partial charge in [0, 0.05) is 72.1 Å². The summed E-state index contributed by atoms with van der Waals surface area (Å²) in [5, 5.41) is 10.9. The van der Waals surface area contributed by atoms with Crippen LogP contribution in [0.3, 0.4) is 0 Å². The Kier molecular flexibility index (Phi) is 9.43. The van der Waals surface area contributed by atoms with E-state index in [1.807, 2.05) is 41.3 Å². The second-order valence-corrected chi connectivity index (χ2v) is 16.2. The molecule has 2 amide bonds. The number of carbonyl (C=O) groups is 2. The highest BCUT2D eigenvalue weighted by molar-refractivity contribution is 6.31. The summed E-state index contributed by atoms with van der Waals surface area (Å²) in [6.45, 7) is 4.87. The molecule has 5 aromatic rings. The molecule has 0 saturated carbocycles. The number of phenolic OH excluding ortho intramolecular Hbond substituents is 1. The number of phenols is 1. The van der Waals surface area contributed by atoms with Crippen LogP contribution in [0.15, 0.2) is 78.9 Å². The molecule has 5 heterocycles. The number of halogens is 1. The lowest BCUT2D eigenvalue weighted by Crippen LogP contribution is -2.52. The van der Waals surface area contributed by atoms with Crippen molar-refractivity contribution in [3.05, 3.63) is 123 Å². The third-order valence-electron chi connectivity index (χ3n) is 12.4. The number of amides is 2. The van der Waals surface area contributed by atoms with E-state index in [-0.39, 0.29) is 30.4 Å². The Morgan fingerprint density at radius 2 is 1.58 bits per heavy atom. The van der Waals surface area contributed by atoms with Gasteiger partial charge in [-0.3, -0.25) is 19.4 Å². The molecule has 4 aliphatic heterocycles. The van der Waals surface area contributed by atoms with E-state index in [1.165, 1.54) is 11.1 Å². The summed E-state index contributed by atoms with van der Waals surface area (Å²) < 4.78 is 19.7. The van der Waals surface area contributed by atoms with E-state index in [1.54, 1.807) is 29.2 Å². The topological polar surface area (TPSA) is 96.7 Å². The first kappa shape index (κ1) is 36.1. The minimum absolute atomic E-state index is 0.0695. The van der Waals surface area contributed by atoms with E-state index < -0.39 is 0 Å². The van der Waals surface area contributed by atoms with Gasteiger partial charge in [0.1, 0.15) is 5.75 Å². The summed E-state index contributed by atoms with van der Waals surface area (Å²) in [7, 11) is 0. The zero-order chi connectivity index (χ0) is 38.6. The zero-order valence-electron chi connectivity index (χ0n) is 31.8. The number of aryl methyl sites for hydroxylation is 2. The highest BCUT2D eigenvalue weighted by atomic mass is 35.5. The first-order valence-electron chi connectivity index (χ1n) is 20.2. The predicted molar refractivity (Wildman–Crippen MR) is 218 cm³/mol. The highest BCUT2D eigenvalue weighted by Crippen LogP contribution is 2.43. The van der Waals surface area contributed by atoms with Crippen LogP contribution in [0.5, 0.6) is 17.2 Å². The van der Waals surface area contributed by atoms with Crippen molar-refractivity contribution in [3.8, 4) is 28.5 Å². The van der Waals surface area contributed by atoms with E-state index in [9.17, 15) is 5.11 Å². The van der Waals surface area contributed by atoms with Gasteiger partial charge in [-0.1, -0.05) is 29.8 Å². The van der Waals surface area contributed by atoms with E-state index in [0.717, 1.165) is 84.8 Å². The van der Waals surface area contributed by atoms with Crippen LogP contribution in [0.4, 0.5) is 11.4 Å². The Labute approximate surface area is 337 Å². The first-order chi connectivity index (χ1) is 27.9. The van der Waals surface area contributed by atoms with Crippen LogP contribution < -0.4 is 14.4 Å². The number of nitrogens with zero attached hydrogens (tertiary/aromatic N) is 4. The number of hydrogen-bond acceptors (Lipinski definition) is 7. The van der Waals surface area contributed by atoms with E-state index in [0.29, 0.717) is 73.1 Å². The molecule has 10 rings (SSSR count). The molecule has 292 valence electrons. The number of hydrogen-bond donors (Lipinski definition) is 1. The molecule has 0 spiro atoms. The van der Waals surface area contributed by atoms with Crippen LogP contribution in [0.1, 0.15) is 67.9 Å². The number of morpholine rings is 1. The summed E-state index contributed by atoms with van der Waals surface area (Å²) in [5.74, 6) is 0.986. The second kappa shape index (κ2) is 14.9. The van der Waals surface area contributed by atoms with Gasteiger partial charge in [-0.05, 0) is 128 Å². The van der Waals surface area contributed by atoms with Crippen molar-refractivity contribution < 1.29 is 28.9 Å². The van der Waals surface area contributed by atoms with Crippen LogP contribution in [0, 0.1) is 0 Å². The highest BCUT2D eigenvalue weighted by Gasteiger charge is 2.37. The molecule has 1 fully saturated rings. The maximum absolute atomic E-state index is 15.3. The predicted octanol–water partition coefficient (Wildman–Crippen LogP) is 7.95. The maximum Gasteiger partial charge on any atom is 0.264 e. The van der Waals surface area contributed by atoms with E-state index in [2.05, 4.69) is 27.7 Å². The lowest BCUT2D eigenvalue weighted by molar-refractivity contribution is 0.0193. The van der Waals surface area contributed by atoms with Crippen molar-refractivity contribution >= 4 is 34.8 Å². The zero-order valence-corrected chi connectivity index (χ0v) is 32.6. The van der Waals surface area contributed by atoms with Crippen molar-refractivity contribution in [2.24, 2.45) is 0 Å². The molecule has 1 saturated heterocycles. The Balaban J connectivity index is 1.08. The van der Waals surface area contributed by atoms with Crippen LogP contribution in [0.25, 0.3) is 11.3 Å². The van der Waals surface area contributed by atoms with Gasteiger partial charge >= 0.3 is 0 Å². The number of fused-ring (bicyclic) bond motifs is 4. The van der Waals surface area contributed by atoms with Gasteiger partial charge in [-0.15, -0.1) is 0 Å². The summed E-state index contributed by atoms with van der Waals surface area (Å²) in [6.07, 6.45) is 6.41. The Morgan fingerprint density at radius 3 is 2.42 bits per heavy atom. The molecular weight excluding hydrogens is 740 g/mol. The van der Waals surface area contributed by atoms with E-state index in [4.69, 9.17) is 25.8 Å². The minimum Gasteiger partial charge on any atom is -0.508 e. The lowest BCUT2D eigenvalue weighted by atomic mass is 9.91. The van der Waals surface area contributed by atoms with Gasteiger partial charge in [-0.25, -0.2) is 0 Å². The van der Waals surface area contributed by atoms with Crippen molar-refractivity contribution in [3.63, 3.8) is 0 Å². The number of aromatic hydroxyl groups is 1. The lowest BCUT2D eigenvalue weighted by Gasteiger charge is -2.41. The molecule has 5 aliphatic rings. The largest absolute Gasteiger partial charge is 0.508 e. The van der Waals surface area contributed by atoms with Gasteiger partial charge in [0.15, 0.2) is 11.5 Å². The molecule has 1 aromatic heterocycles. The van der Waals surface area contributed by atoms with E-state index >= 15 is 9.59 Å². The third kappa shape index (κ3) is 6.63. The first-order valence-corrected chi connectivity index (χ1v) is 20.6. The van der Waals surface area contributed by atoms with Gasteiger partial charge in [0.2, 0.25) is 6.79 Å². The van der Waals surface area contributed by atoms with Crippen LogP contribution in [0.2, 0.25) is 5.02 Å². The number of rotatable bonds is 7. The average molecular weight is 785 g/mol. The molecule has 1 aliphatic carbocycles. The van der Waals surface area contributed by atoms with Crippen molar-refractivity contribution in [1.29, 1.82) is 0 Å². The fraction of sp³-hybridized carbons (Fsp3) is 0.348. The molecule has 4 aromatic carbocycles. The summed E-state index contributed by atoms with van der Waals surface area (Å²) in [5.41, 5.74) is 9.77. The molecule has 0 bridgehead atoms. The molecule has 57 heavy (non-hydrogen) atoms. The Hall–Kier alpha value is -5.29. The SMILES string of the molecule is O=C(c1cc(-c2cc3c(cc2C(=O)N2Cc4cccc(Cl)c4C[C@H]2CN2CCOCC2)OCO3)n2c1CCCC2)N(c1ccc(O)cc1)c1ccc2c(c1)CCC2. The monoisotopic (exact) mass is 784 g/mol. The minimum atomic E-state index is -0.153. The smallest absolute Gasteiger partial charge is 0.264 e. The molecule has 11 heteroatoms. The van der Waals surface area contributed by atoms with Crippen molar-refractivity contribution in [2.45, 2.75) is 64.1 Å². The van der Waals surface area contributed by atoms with Gasteiger partial charge < -0.3 is 28.8 Å². The van der Waals surface area contributed by atoms with Crippen molar-refractivity contribution in [2.75, 3.05) is 44.5 Å². The number of benzene rings is 4. The molecule has 10 nitrogen and oxygen atoms in total. The van der Waals surface area contributed by atoms with Crippen LogP contribution in [-0.4, -0.2) is 77.0 Å². The molecular formula is C46H45ClN4O6. The summed E-state index contributed by atoms with van der Waals surface area (Å²) >= 11 is 6.78. The maximum atomic E-state index is 15.3. The average Bonchev–Trinajstić information content (AvgIpc) is 4.00. The molecule has 0 unspecified atom stereocenters. The van der Waals surface area contributed by atoms with Crippen LogP contribution >= 0.6 is 11.6 Å². The van der Waals surface area contributed by atoms with Gasteiger partial charge in [0.25, 0.3) is 11.8 Å². The summed E-state index contributed by atoms with van der Waals surface area (Å²) in [4.78, 5) is 36.6. The quantitative estimate of drug-likeness (QED) is 0.179. The normalized spacial score (nSPS) is 18.5. The fourth-order valence-corrected chi connectivity index (χ4v) is 9.77. The molecule has 1 atom stereocenters. The second-order valence-electron chi connectivity index (χ2n) is 15.8. The van der Waals surface area contributed by atoms with Crippen LogP contribution in [-0.2, 0) is 43.5 Å². The Morgan fingerprint density at radius 1 is 0.789 bits per heavy atom. The molecule has 1 N–H and O–H groups in total. The Bertz CT molecular complexity index is 2390. The third-order valence-corrected chi connectivity index (χ3v) is 12.8. The standard InChI is InChI=1S/C46H45ClN4O6/c47-40-8-4-7-31-26-50(34(22-36(31)40)27-48-17-19-55-20-18-48)45(53)38-25-44-43(56-28-57-44)24-37(38)42-23-39(41-9-1-2-16-49(41)42)46(54)51(32-12-14-35(52)15-13-32)33-11-10-29-5-3-6-30(29)21-33/h4,7-8,10-15,21,23-25,34,52H,1-3,5-6,9,16-20,22,26-28H2/t34-/m0/s1. The molecule has 0 radical (unpaired) electrons. The number of anilines is 2.